The van der Waals surface area contributed by atoms with Gasteiger partial charge in [0.1, 0.15) is 0 Å². The van der Waals surface area contributed by atoms with E-state index in [1.807, 2.05) is 27.3 Å². The fraction of sp³-hybridized carbons (Fsp3) is 0.571. The monoisotopic (exact) mass is 280 g/mol. The van der Waals surface area contributed by atoms with Crippen molar-refractivity contribution in [3.63, 3.8) is 0 Å². The molecule has 0 atom stereocenters. The molecule has 0 unspecified atom stereocenters. The summed E-state index contributed by atoms with van der Waals surface area (Å²) < 4.78 is 0. The normalized spacial score (nSPS) is 15.6. The van der Waals surface area contributed by atoms with Gasteiger partial charge < -0.3 is 9.80 Å². The zero-order valence-electron chi connectivity index (χ0n) is 11.3. The van der Waals surface area contributed by atoms with Crippen molar-refractivity contribution in [3.8, 4) is 0 Å². The summed E-state index contributed by atoms with van der Waals surface area (Å²) in [4.78, 5) is 28.5. The highest BCUT2D eigenvalue weighted by Gasteiger charge is 2.24. The van der Waals surface area contributed by atoms with E-state index in [0.717, 1.165) is 17.7 Å². The van der Waals surface area contributed by atoms with E-state index in [-0.39, 0.29) is 11.8 Å². The second-order valence-corrected chi connectivity index (χ2v) is 5.70. The zero-order valence-corrected chi connectivity index (χ0v) is 12.1. The lowest BCUT2D eigenvalue weighted by Crippen LogP contribution is -2.50. The average Bonchev–Trinajstić information content (AvgIpc) is 2.98. The molecular formula is C14H20N2O2S. The molecule has 0 spiro atoms. The highest BCUT2D eigenvalue weighted by molar-refractivity contribution is 7.12. The van der Waals surface area contributed by atoms with Crippen LogP contribution in [-0.4, -0.2) is 47.8 Å². The highest BCUT2D eigenvalue weighted by Crippen LogP contribution is 2.14. The van der Waals surface area contributed by atoms with Crippen molar-refractivity contribution in [2.75, 3.05) is 26.2 Å². The van der Waals surface area contributed by atoms with Gasteiger partial charge in [-0.05, 0) is 17.9 Å². The number of unbranched alkanes of at least 4 members (excludes halogenated alkanes) is 1. The van der Waals surface area contributed by atoms with E-state index in [4.69, 9.17) is 0 Å². The first kappa shape index (κ1) is 14.1. The fourth-order valence-corrected chi connectivity index (χ4v) is 2.89. The van der Waals surface area contributed by atoms with E-state index < -0.39 is 0 Å². The molecule has 2 heterocycles. The first-order chi connectivity index (χ1) is 9.22. The molecule has 1 fully saturated rings. The van der Waals surface area contributed by atoms with Gasteiger partial charge in [-0.2, -0.15) is 0 Å². The van der Waals surface area contributed by atoms with Crippen LogP contribution in [0.2, 0.25) is 0 Å². The third-order valence-corrected chi connectivity index (χ3v) is 4.25. The first-order valence-electron chi connectivity index (χ1n) is 6.83. The summed E-state index contributed by atoms with van der Waals surface area (Å²) in [6.45, 7) is 4.72. The number of rotatable bonds is 4. The van der Waals surface area contributed by atoms with Crippen LogP contribution in [0.4, 0.5) is 0 Å². The van der Waals surface area contributed by atoms with Crippen molar-refractivity contribution >= 4 is 23.2 Å². The molecule has 1 aliphatic heterocycles. The van der Waals surface area contributed by atoms with Crippen LogP contribution >= 0.6 is 11.3 Å². The van der Waals surface area contributed by atoms with E-state index in [9.17, 15) is 9.59 Å². The van der Waals surface area contributed by atoms with Crippen LogP contribution in [0, 0.1) is 0 Å². The summed E-state index contributed by atoms with van der Waals surface area (Å²) >= 11 is 1.47. The lowest BCUT2D eigenvalue weighted by atomic mass is 10.2. The van der Waals surface area contributed by atoms with Crippen LogP contribution in [0.15, 0.2) is 17.5 Å². The summed E-state index contributed by atoms with van der Waals surface area (Å²) in [6.07, 6.45) is 2.63. The maximum atomic E-state index is 12.1. The molecule has 1 aromatic rings. The van der Waals surface area contributed by atoms with Crippen molar-refractivity contribution in [1.29, 1.82) is 0 Å². The molecule has 0 aromatic carbocycles. The molecule has 0 bridgehead atoms. The summed E-state index contributed by atoms with van der Waals surface area (Å²) in [6, 6.07) is 3.74. The van der Waals surface area contributed by atoms with Crippen LogP contribution < -0.4 is 0 Å². The molecule has 104 valence electrons. The SMILES string of the molecule is CCCCC(=O)N1CCN(C(=O)c2cccs2)CC1. The average molecular weight is 280 g/mol. The predicted octanol–water partition coefficient (Wildman–Crippen LogP) is 2.22. The lowest BCUT2D eigenvalue weighted by molar-refractivity contribution is -0.132. The second-order valence-electron chi connectivity index (χ2n) is 4.75. The Hall–Kier alpha value is -1.36. The van der Waals surface area contributed by atoms with Crippen molar-refractivity contribution in [2.45, 2.75) is 26.2 Å². The number of carbonyl (C=O) groups is 2. The van der Waals surface area contributed by atoms with E-state index >= 15 is 0 Å². The van der Waals surface area contributed by atoms with Gasteiger partial charge >= 0.3 is 0 Å². The quantitative estimate of drug-likeness (QED) is 0.848. The van der Waals surface area contributed by atoms with Crippen LogP contribution in [0.25, 0.3) is 0 Å². The first-order valence-corrected chi connectivity index (χ1v) is 7.71. The topological polar surface area (TPSA) is 40.6 Å². The van der Waals surface area contributed by atoms with Crippen molar-refractivity contribution in [1.82, 2.24) is 9.80 Å². The molecule has 1 saturated heterocycles. The third kappa shape index (κ3) is 3.56. The number of nitrogens with zero attached hydrogens (tertiary/aromatic N) is 2. The molecule has 5 heteroatoms. The molecular weight excluding hydrogens is 260 g/mol. The second kappa shape index (κ2) is 6.70. The minimum atomic E-state index is 0.0932. The molecule has 19 heavy (non-hydrogen) atoms. The lowest BCUT2D eigenvalue weighted by Gasteiger charge is -2.34. The number of hydrogen-bond acceptors (Lipinski definition) is 3. The predicted molar refractivity (Wildman–Crippen MR) is 76.3 cm³/mol. The Bertz CT molecular complexity index is 423. The van der Waals surface area contributed by atoms with E-state index in [0.29, 0.717) is 32.6 Å². The Morgan fingerprint density at radius 1 is 1.21 bits per heavy atom. The Labute approximate surface area is 118 Å². The van der Waals surface area contributed by atoms with Gasteiger partial charge in [0.05, 0.1) is 4.88 Å². The van der Waals surface area contributed by atoms with Crippen LogP contribution in [0.1, 0.15) is 35.9 Å². The maximum Gasteiger partial charge on any atom is 0.264 e. The van der Waals surface area contributed by atoms with Crippen molar-refractivity contribution in [2.24, 2.45) is 0 Å². The summed E-state index contributed by atoms with van der Waals surface area (Å²) in [5, 5.41) is 1.91. The Morgan fingerprint density at radius 3 is 2.47 bits per heavy atom. The van der Waals surface area contributed by atoms with Crippen LogP contribution in [0.3, 0.4) is 0 Å². The molecule has 1 aromatic heterocycles. The van der Waals surface area contributed by atoms with Gasteiger partial charge in [0.2, 0.25) is 5.91 Å². The van der Waals surface area contributed by atoms with Crippen molar-refractivity contribution < 1.29 is 9.59 Å². The molecule has 4 nitrogen and oxygen atoms in total. The number of amides is 2. The number of piperazine rings is 1. The molecule has 1 aliphatic rings. The van der Waals surface area contributed by atoms with Gasteiger partial charge in [-0.1, -0.05) is 19.4 Å². The van der Waals surface area contributed by atoms with Gasteiger partial charge in [0.15, 0.2) is 0 Å². The molecule has 0 saturated carbocycles. The Morgan fingerprint density at radius 2 is 1.89 bits per heavy atom. The molecule has 0 N–H and O–H groups in total. The van der Waals surface area contributed by atoms with E-state index in [1.54, 1.807) is 0 Å². The molecule has 0 aliphatic carbocycles. The van der Waals surface area contributed by atoms with Gasteiger partial charge in [0, 0.05) is 32.6 Å². The fourth-order valence-electron chi connectivity index (χ4n) is 2.20. The highest BCUT2D eigenvalue weighted by atomic mass is 32.1. The maximum absolute atomic E-state index is 12.1. The van der Waals surface area contributed by atoms with E-state index in [1.165, 1.54) is 11.3 Å². The zero-order chi connectivity index (χ0) is 13.7. The Kier molecular flexibility index (Phi) is 4.96. The standard InChI is InChI=1S/C14H20N2O2S/c1-2-3-6-13(17)15-7-9-16(10-8-15)14(18)12-5-4-11-19-12/h4-5,11H,2-3,6-10H2,1H3. The molecule has 0 radical (unpaired) electrons. The van der Waals surface area contributed by atoms with Gasteiger partial charge in [0.25, 0.3) is 5.91 Å². The summed E-state index contributed by atoms with van der Waals surface area (Å²) in [7, 11) is 0. The minimum Gasteiger partial charge on any atom is -0.339 e. The van der Waals surface area contributed by atoms with Gasteiger partial charge in [-0.3, -0.25) is 9.59 Å². The van der Waals surface area contributed by atoms with Gasteiger partial charge in [-0.25, -0.2) is 0 Å². The smallest absolute Gasteiger partial charge is 0.264 e. The molecule has 2 amide bonds. The van der Waals surface area contributed by atoms with Crippen LogP contribution in [-0.2, 0) is 4.79 Å². The van der Waals surface area contributed by atoms with E-state index in [2.05, 4.69) is 6.92 Å². The number of carbonyl (C=O) groups excluding carboxylic acids is 2. The van der Waals surface area contributed by atoms with Gasteiger partial charge in [-0.15, -0.1) is 11.3 Å². The van der Waals surface area contributed by atoms with Crippen LogP contribution in [0.5, 0.6) is 0 Å². The number of hydrogen-bond donors (Lipinski definition) is 0. The van der Waals surface area contributed by atoms with Crippen molar-refractivity contribution in [3.05, 3.63) is 22.4 Å². The minimum absolute atomic E-state index is 0.0932. The number of thiophene rings is 1. The third-order valence-electron chi connectivity index (χ3n) is 3.40. The largest absolute Gasteiger partial charge is 0.339 e. The molecule has 2 rings (SSSR count). The summed E-state index contributed by atoms with van der Waals surface area (Å²) in [5.41, 5.74) is 0. The Balaban J connectivity index is 1.82. The summed E-state index contributed by atoms with van der Waals surface area (Å²) in [5.74, 6) is 0.320.